The van der Waals surface area contributed by atoms with Crippen molar-refractivity contribution >= 4 is 17.3 Å². The van der Waals surface area contributed by atoms with Gasteiger partial charge in [0.25, 0.3) is 5.91 Å². The van der Waals surface area contributed by atoms with Gasteiger partial charge in [-0.2, -0.15) is 0 Å². The Kier molecular flexibility index (Phi) is 4.98. The van der Waals surface area contributed by atoms with Crippen molar-refractivity contribution < 1.29 is 9.32 Å². The number of carbonyl (C=O) groups is 1. The largest absolute Gasteiger partial charge is 0.369 e. The molecule has 1 aromatic carbocycles. The van der Waals surface area contributed by atoms with Gasteiger partial charge in [-0.05, 0) is 50.5 Å². The van der Waals surface area contributed by atoms with Gasteiger partial charge in [0, 0.05) is 37.6 Å². The number of hydrogen-bond donors (Lipinski definition) is 1. The van der Waals surface area contributed by atoms with Gasteiger partial charge in [0.05, 0.1) is 23.6 Å². The molecule has 0 saturated carbocycles. The van der Waals surface area contributed by atoms with Gasteiger partial charge in [0.15, 0.2) is 0 Å². The van der Waals surface area contributed by atoms with Gasteiger partial charge < -0.3 is 14.7 Å². The topological polar surface area (TPSA) is 74.5 Å². The minimum atomic E-state index is -0.578. The van der Waals surface area contributed by atoms with Crippen molar-refractivity contribution in [1.82, 2.24) is 15.0 Å². The predicted octanol–water partition coefficient (Wildman–Crippen LogP) is 3.68. The van der Waals surface area contributed by atoms with Crippen LogP contribution in [-0.2, 0) is 17.9 Å². The van der Waals surface area contributed by atoms with Crippen LogP contribution in [0.1, 0.15) is 35.4 Å². The number of piperidine rings is 1. The van der Waals surface area contributed by atoms with Crippen LogP contribution >= 0.6 is 0 Å². The Morgan fingerprint density at radius 1 is 1.10 bits per heavy atom. The highest BCUT2D eigenvalue weighted by Crippen LogP contribution is 2.40. The SMILES string of the molecule is Cc1noc(C)c1CN1CCC2(CC1)Nc1ccccc1N(Cc1cccnc1)C2=O. The van der Waals surface area contributed by atoms with Crippen LogP contribution in [0.15, 0.2) is 53.3 Å². The molecule has 1 spiro atoms. The van der Waals surface area contributed by atoms with E-state index in [0.29, 0.717) is 6.54 Å². The van der Waals surface area contributed by atoms with E-state index in [9.17, 15) is 4.79 Å². The summed E-state index contributed by atoms with van der Waals surface area (Å²) < 4.78 is 5.32. The summed E-state index contributed by atoms with van der Waals surface area (Å²) in [6.07, 6.45) is 5.10. The Labute approximate surface area is 182 Å². The number of amides is 1. The Morgan fingerprint density at radius 3 is 2.61 bits per heavy atom. The maximum Gasteiger partial charge on any atom is 0.253 e. The summed E-state index contributed by atoms with van der Waals surface area (Å²) in [4.78, 5) is 22.3. The second-order valence-corrected chi connectivity index (χ2v) is 8.56. The molecule has 1 N–H and O–H groups in total. The minimum absolute atomic E-state index is 0.145. The maximum absolute atomic E-state index is 13.8. The van der Waals surface area contributed by atoms with Crippen molar-refractivity contribution in [3.05, 3.63) is 71.4 Å². The lowest BCUT2D eigenvalue weighted by atomic mass is 9.83. The summed E-state index contributed by atoms with van der Waals surface area (Å²) in [7, 11) is 0. The van der Waals surface area contributed by atoms with Gasteiger partial charge in [-0.1, -0.05) is 23.4 Å². The van der Waals surface area contributed by atoms with E-state index >= 15 is 0 Å². The first-order chi connectivity index (χ1) is 15.1. The van der Waals surface area contributed by atoms with Crippen molar-refractivity contribution in [2.24, 2.45) is 0 Å². The number of rotatable bonds is 4. The fourth-order valence-corrected chi connectivity index (χ4v) is 4.71. The standard InChI is InChI=1S/C24H27N5O2/c1-17-20(18(2)31-27-17)16-28-12-9-24(10-13-28)23(30)29(15-19-6-5-11-25-14-19)22-8-4-3-7-21(22)26-24/h3-8,11,14,26H,9-10,12-13,15-16H2,1-2H3. The van der Waals surface area contributed by atoms with E-state index in [1.807, 2.05) is 55.3 Å². The molecule has 2 aliphatic heterocycles. The van der Waals surface area contributed by atoms with Crippen LogP contribution in [-0.4, -0.2) is 39.6 Å². The van der Waals surface area contributed by atoms with Crippen molar-refractivity contribution in [2.75, 3.05) is 23.3 Å². The van der Waals surface area contributed by atoms with Gasteiger partial charge in [-0.25, -0.2) is 0 Å². The lowest BCUT2D eigenvalue weighted by molar-refractivity contribution is -0.125. The number of fused-ring (bicyclic) bond motifs is 1. The third-order valence-electron chi connectivity index (χ3n) is 6.56. The molecular weight excluding hydrogens is 390 g/mol. The van der Waals surface area contributed by atoms with E-state index in [2.05, 4.69) is 26.4 Å². The number of carbonyl (C=O) groups excluding carboxylic acids is 1. The van der Waals surface area contributed by atoms with Crippen LogP contribution in [0.4, 0.5) is 11.4 Å². The molecule has 1 saturated heterocycles. The summed E-state index contributed by atoms with van der Waals surface area (Å²) >= 11 is 0. The van der Waals surface area contributed by atoms with Crippen LogP contribution in [0.2, 0.25) is 0 Å². The molecule has 160 valence electrons. The maximum atomic E-state index is 13.8. The Balaban J connectivity index is 1.38. The number of nitrogens with zero attached hydrogens (tertiary/aromatic N) is 4. The first-order valence-electron chi connectivity index (χ1n) is 10.8. The molecule has 7 heteroatoms. The number of aryl methyl sites for hydroxylation is 2. The monoisotopic (exact) mass is 417 g/mol. The molecule has 2 aliphatic rings. The third kappa shape index (κ3) is 3.59. The molecule has 0 unspecified atom stereocenters. The Hall–Kier alpha value is -3.19. The molecule has 1 amide bonds. The summed E-state index contributed by atoms with van der Waals surface area (Å²) in [6.45, 7) is 6.95. The summed E-state index contributed by atoms with van der Waals surface area (Å²) in [5.41, 5.74) is 4.50. The molecule has 7 nitrogen and oxygen atoms in total. The molecule has 0 aliphatic carbocycles. The third-order valence-corrected chi connectivity index (χ3v) is 6.56. The average Bonchev–Trinajstić information content (AvgIpc) is 3.11. The quantitative estimate of drug-likeness (QED) is 0.698. The van der Waals surface area contributed by atoms with Gasteiger partial charge in [0.1, 0.15) is 11.3 Å². The number of aromatic nitrogens is 2. The van der Waals surface area contributed by atoms with Crippen molar-refractivity contribution in [3.8, 4) is 0 Å². The predicted molar refractivity (Wildman–Crippen MR) is 119 cm³/mol. The normalized spacial score (nSPS) is 18.1. The molecule has 0 radical (unpaired) electrons. The Bertz CT molecular complexity index is 1070. The van der Waals surface area contributed by atoms with Crippen molar-refractivity contribution in [1.29, 1.82) is 0 Å². The van der Waals surface area contributed by atoms with E-state index in [-0.39, 0.29) is 5.91 Å². The van der Waals surface area contributed by atoms with Crippen molar-refractivity contribution in [3.63, 3.8) is 0 Å². The van der Waals surface area contributed by atoms with Crippen LogP contribution in [0, 0.1) is 13.8 Å². The zero-order valence-corrected chi connectivity index (χ0v) is 18.0. The highest BCUT2D eigenvalue weighted by atomic mass is 16.5. The van der Waals surface area contributed by atoms with E-state index < -0.39 is 5.54 Å². The second kappa shape index (κ2) is 7.81. The molecule has 3 aromatic rings. The number of anilines is 2. The highest BCUT2D eigenvalue weighted by molar-refractivity contribution is 6.07. The first-order valence-corrected chi connectivity index (χ1v) is 10.8. The lowest BCUT2D eigenvalue weighted by Crippen LogP contribution is -2.61. The zero-order chi connectivity index (χ0) is 21.4. The number of benzene rings is 1. The van der Waals surface area contributed by atoms with Crippen LogP contribution in [0.25, 0.3) is 0 Å². The number of hydrogen-bond acceptors (Lipinski definition) is 6. The van der Waals surface area contributed by atoms with Gasteiger partial charge in [-0.3, -0.25) is 14.7 Å². The number of nitrogens with one attached hydrogen (secondary N) is 1. The summed E-state index contributed by atoms with van der Waals surface area (Å²) in [5.74, 6) is 1.02. The van der Waals surface area contributed by atoms with Crippen LogP contribution < -0.4 is 10.2 Å². The molecule has 1 fully saturated rings. The molecule has 5 rings (SSSR count). The minimum Gasteiger partial charge on any atom is -0.369 e. The molecule has 31 heavy (non-hydrogen) atoms. The highest BCUT2D eigenvalue weighted by Gasteiger charge is 2.47. The lowest BCUT2D eigenvalue weighted by Gasteiger charge is -2.47. The second-order valence-electron chi connectivity index (χ2n) is 8.56. The smallest absolute Gasteiger partial charge is 0.253 e. The molecular formula is C24H27N5O2. The first kappa shape index (κ1) is 19.8. The molecule has 0 atom stereocenters. The van der Waals surface area contributed by atoms with Crippen LogP contribution in [0.5, 0.6) is 0 Å². The zero-order valence-electron chi connectivity index (χ0n) is 18.0. The average molecular weight is 418 g/mol. The van der Waals surface area contributed by atoms with E-state index in [1.165, 1.54) is 0 Å². The van der Waals surface area contributed by atoms with E-state index in [4.69, 9.17) is 4.52 Å². The van der Waals surface area contributed by atoms with Crippen molar-refractivity contribution in [2.45, 2.75) is 45.3 Å². The van der Waals surface area contributed by atoms with Gasteiger partial charge in [-0.15, -0.1) is 0 Å². The van der Waals surface area contributed by atoms with E-state index in [0.717, 1.165) is 66.4 Å². The number of likely N-dealkylation sites (tertiary alicyclic amines) is 1. The fraction of sp³-hybridized carbons (Fsp3) is 0.375. The van der Waals surface area contributed by atoms with Gasteiger partial charge >= 0.3 is 0 Å². The summed E-state index contributed by atoms with van der Waals surface area (Å²) in [5, 5.41) is 7.69. The van der Waals surface area contributed by atoms with Crippen LogP contribution in [0.3, 0.4) is 0 Å². The number of para-hydroxylation sites is 2. The molecule has 0 bridgehead atoms. The van der Waals surface area contributed by atoms with E-state index in [1.54, 1.807) is 6.20 Å². The number of pyridine rings is 1. The fourth-order valence-electron chi connectivity index (χ4n) is 4.71. The van der Waals surface area contributed by atoms with Gasteiger partial charge in [0.2, 0.25) is 0 Å². The summed E-state index contributed by atoms with van der Waals surface area (Å²) in [6, 6.07) is 12.0. The molecule has 4 heterocycles. The molecule has 2 aromatic heterocycles. The Morgan fingerprint density at radius 2 is 1.90 bits per heavy atom.